The first kappa shape index (κ1) is 10.0. The molecular weight excluding hydrogens is 164 g/mol. The average Bonchev–Trinajstić information content (AvgIpc) is 1.99. The van der Waals surface area contributed by atoms with Crippen molar-refractivity contribution in [2.75, 3.05) is 0 Å². The summed E-state index contributed by atoms with van der Waals surface area (Å²) in [4.78, 5) is 10.3. The molecule has 0 aromatic rings. The van der Waals surface area contributed by atoms with Crippen molar-refractivity contribution in [3.8, 4) is 0 Å². The summed E-state index contributed by atoms with van der Waals surface area (Å²) in [5.41, 5.74) is 1.37. The van der Waals surface area contributed by atoms with E-state index in [0.29, 0.717) is 11.8 Å². The standard InChI is InChI=1S/C11H16O2/c1-8-5-9(2)7-10(6-8)3-4-11(12)13/h3-5,8,10H,6-7H2,1-2H3,(H,12,13)/b4-3+. The van der Waals surface area contributed by atoms with Gasteiger partial charge in [-0.3, -0.25) is 0 Å². The van der Waals surface area contributed by atoms with Crippen molar-refractivity contribution in [2.45, 2.75) is 26.7 Å². The summed E-state index contributed by atoms with van der Waals surface area (Å²) in [6.45, 7) is 4.28. The fourth-order valence-corrected chi connectivity index (χ4v) is 1.96. The van der Waals surface area contributed by atoms with Crippen LogP contribution < -0.4 is 0 Å². The third-order valence-electron chi connectivity index (χ3n) is 2.34. The van der Waals surface area contributed by atoms with Gasteiger partial charge in [0.25, 0.3) is 0 Å². The Morgan fingerprint density at radius 2 is 2.38 bits per heavy atom. The number of hydrogen-bond acceptors (Lipinski definition) is 1. The lowest BCUT2D eigenvalue weighted by Gasteiger charge is -2.22. The second-order valence-electron chi connectivity index (χ2n) is 3.89. The zero-order chi connectivity index (χ0) is 9.84. The molecule has 0 fully saturated rings. The van der Waals surface area contributed by atoms with Crippen molar-refractivity contribution in [1.82, 2.24) is 0 Å². The minimum Gasteiger partial charge on any atom is -0.478 e. The molecule has 0 aromatic heterocycles. The van der Waals surface area contributed by atoms with Crippen LogP contribution in [0.15, 0.2) is 23.8 Å². The summed E-state index contributed by atoms with van der Waals surface area (Å²) < 4.78 is 0. The number of allylic oxidation sites excluding steroid dienone is 3. The Hall–Kier alpha value is -1.05. The van der Waals surface area contributed by atoms with E-state index in [4.69, 9.17) is 5.11 Å². The molecule has 13 heavy (non-hydrogen) atoms. The fraction of sp³-hybridized carbons (Fsp3) is 0.545. The molecule has 1 aliphatic carbocycles. The van der Waals surface area contributed by atoms with Gasteiger partial charge in [0.15, 0.2) is 0 Å². The van der Waals surface area contributed by atoms with Crippen LogP contribution in [0, 0.1) is 11.8 Å². The molecule has 0 saturated heterocycles. The van der Waals surface area contributed by atoms with E-state index >= 15 is 0 Å². The molecule has 0 amide bonds. The van der Waals surface area contributed by atoms with Gasteiger partial charge in [-0.15, -0.1) is 0 Å². The summed E-state index contributed by atoms with van der Waals surface area (Å²) in [7, 11) is 0. The van der Waals surface area contributed by atoms with E-state index < -0.39 is 5.97 Å². The highest BCUT2D eigenvalue weighted by molar-refractivity contribution is 5.79. The molecule has 0 spiro atoms. The Bertz CT molecular complexity index is 251. The number of aliphatic carboxylic acids is 1. The third kappa shape index (κ3) is 3.45. The highest BCUT2D eigenvalue weighted by Crippen LogP contribution is 2.28. The van der Waals surface area contributed by atoms with E-state index in [1.54, 1.807) is 0 Å². The van der Waals surface area contributed by atoms with Gasteiger partial charge in [-0.05, 0) is 31.6 Å². The first-order valence-electron chi connectivity index (χ1n) is 4.66. The minimum atomic E-state index is -0.847. The third-order valence-corrected chi connectivity index (χ3v) is 2.34. The van der Waals surface area contributed by atoms with Crippen LogP contribution in [0.1, 0.15) is 26.7 Å². The predicted molar refractivity (Wildman–Crippen MR) is 52.4 cm³/mol. The monoisotopic (exact) mass is 180 g/mol. The summed E-state index contributed by atoms with van der Waals surface area (Å²) in [5, 5.41) is 8.47. The Morgan fingerprint density at radius 1 is 1.69 bits per heavy atom. The number of rotatable bonds is 2. The van der Waals surface area contributed by atoms with Crippen LogP contribution in [0.5, 0.6) is 0 Å². The van der Waals surface area contributed by atoms with Crippen molar-refractivity contribution in [1.29, 1.82) is 0 Å². The van der Waals surface area contributed by atoms with E-state index in [0.717, 1.165) is 12.8 Å². The van der Waals surface area contributed by atoms with Crippen molar-refractivity contribution < 1.29 is 9.90 Å². The summed E-state index contributed by atoms with van der Waals surface area (Å²) in [6.07, 6.45) is 7.42. The highest BCUT2D eigenvalue weighted by Gasteiger charge is 2.15. The van der Waals surface area contributed by atoms with Gasteiger partial charge in [0.2, 0.25) is 0 Å². The SMILES string of the molecule is CC1=CC(C)CC(/C=C/C(=O)O)C1. The van der Waals surface area contributed by atoms with Gasteiger partial charge in [0.05, 0.1) is 0 Å². The average molecular weight is 180 g/mol. The molecule has 0 aliphatic heterocycles. The van der Waals surface area contributed by atoms with Crippen molar-refractivity contribution in [3.63, 3.8) is 0 Å². The van der Waals surface area contributed by atoms with Crippen LogP contribution in [-0.4, -0.2) is 11.1 Å². The minimum absolute atomic E-state index is 0.413. The Balaban J connectivity index is 2.55. The molecule has 0 heterocycles. The van der Waals surface area contributed by atoms with Gasteiger partial charge in [0.1, 0.15) is 0 Å². The van der Waals surface area contributed by atoms with Gasteiger partial charge >= 0.3 is 5.97 Å². The van der Waals surface area contributed by atoms with E-state index in [-0.39, 0.29) is 0 Å². The second kappa shape index (κ2) is 4.26. The normalized spacial score (nSPS) is 28.9. The zero-order valence-corrected chi connectivity index (χ0v) is 8.16. The van der Waals surface area contributed by atoms with Crippen LogP contribution >= 0.6 is 0 Å². The molecule has 2 atom stereocenters. The van der Waals surface area contributed by atoms with Crippen LogP contribution in [0.4, 0.5) is 0 Å². The largest absolute Gasteiger partial charge is 0.478 e. The zero-order valence-electron chi connectivity index (χ0n) is 8.16. The van der Waals surface area contributed by atoms with Crippen molar-refractivity contribution >= 4 is 5.97 Å². The summed E-state index contributed by atoms with van der Waals surface area (Å²) >= 11 is 0. The van der Waals surface area contributed by atoms with Gasteiger partial charge < -0.3 is 5.11 Å². The first-order chi connectivity index (χ1) is 6.08. The number of carboxylic acids is 1. The van der Waals surface area contributed by atoms with Crippen molar-refractivity contribution in [2.24, 2.45) is 11.8 Å². The Labute approximate surface area is 79.0 Å². The predicted octanol–water partition coefficient (Wildman–Crippen LogP) is 2.62. The maximum atomic E-state index is 10.3. The molecule has 0 radical (unpaired) electrons. The molecule has 2 heteroatoms. The maximum Gasteiger partial charge on any atom is 0.327 e. The number of carbonyl (C=O) groups is 1. The molecular formula is C11H16O2. The quantitative estimate of drug-likeness (QED) is 0.524. The molecule has 2 nitrogen and oxygen atoms in total. The smallest absolute Gasteiger partial charge is 0.327 e. The van der Waals surface area contributed by atoms with Crippen LogP contribution in [0.2, 0.25) is 0 Å². The molecule has 0 saturated carbocycles. The molecule has 1 aliphatic rings. The van der Waals surface area contributed by atoms with Crippen LogP contribution in [0.3, 0.4) is 0 Å². The topological polar surface area (TPSA) is 37.3 Å². The molecule has 2 unspecified atom stereocenters. The maximum absolute atomic E-state index is 10.3. The Kier molecular flexibility index (Phi) is 3.29. The van der Waals surface area contributed by atoms with Crippen LogP contribution in [0.25, 0.3) is 0 Å². The fourth-order valence-electron chi connectivity index (χ4n) is 1.96. The van der Waals surface area contributed by atoms with E-state index in [9.17, 15) is 4.79 Å². The Morgan fingerprint density at radius 3 is 2.92 bits per heavy atom. The van der Waals surface area contributed by atoms with E-state index in [1.165, 1.54) is 11.6 Å². The number of hydrogen-bond donors (Lipinski definition) is 1. The number of carboxylic acid groups (broad SMARTS) is 1. The summed E-state index contributed by atoms with van der Waals surface area (Å²) in [5.74, 6) is 0.146. The van der Waals surface area contributed by atoms with Crippen molar-refractivity contribution in [3.05, 3.63) is 23.8 Å². The first-order valence-corrected chi connectivity index (χ1v) is 4.66. The van der Waals surface area contributed by atoms with Gasteiger partial charge in [-0.2, -0.15) is 0 Å². The summed E-state index contributed by atoms with van der Waals surface area (Å²) in [6, 6.07) is 0. The van der Waals surface area contributed by atoms with Gasteiger partial charge in [-0.25, -0.2) is 4.79 Å². The van der Waals surface area contributed by atoms with E-state index in [2.05, 4.69) is 19.9 Å². The lowest BCUT2D eigenvalue weighted by molar-refractivity contribution is -0.131. The van der Waals surface area contributed by atoms with Crippen LogP contribution in [-0.2, 0) is 4.79 Å². The lowest BCUT2D eigenvalue weighted by Crippen LogP contribution is -2.09. The highest BCUT2D eigenvalue weighted by atomic mass is 16.4. The molecule has 72 valence electrons. The molecule has 0 bridgehead atoms. The van der Waals surface area contributed by atoms with Gasteiger partial charge in [-0.1, -0.05) is 24.6 Å². The molecule has 1 rings (SSSR count). The lowest BCUT2D eigenvalue weighted by atomic mass is 9.83. The molecule has 0 aromatic carbocycles. The van der Waals surface area contributed by atoms with Gasteiger partial charge in [0, 0.05) is 6.08 Å². The van der Waals surface area contributed by atoms with E-state index in [1.807, 2.05) is 6.08 Å². The second-order valence-corrected chi connectivity index (χ2v) is 3.89. The molecule has 1 N–H and O–H groups in total.